The maximum atomic E-state index is 13.2. The van der Waals surface area contributed by atoms with E-state index in [0.29, 0.717) is 5.56 Å². The molecule has 0 aliphatic carbocycles. The summed E-state index contributed by atoms with van der Waals surface area (Å²) in [6.45, 7) is 4.05. The molecule has 0 spiro atoms. The van der Waals surface area contributed by atoms with E-state index in [-0.39, 0.29) is 11.9 Å². The summed E-state index contributed by atoms with van der Waals surface area (Å²) in [5.41, 5.74) is 7.94. The quantitative estimate of drug-likeness (QED) is 0.493. The van der Waals surface area contributed by atoms with Crippen LogP contribution in [0.3, 0.4) is 0 Å². The summed E-state index contributed by atoms with van der Waals surface area (Å²) in [4.78, 5) is 0. The first-order chi connectivity index (χ1) is 10.1. The number of hydrogen-bond acceptors (Lipinski definition) is 1. The van der Waals surface area contributed by atoms with Gasteiger partial charge in [0, 0.05) is 6.04 Å². The summed E-state index contributed by atoms with van der Waals surface area (Å²) in [6, 6.07) is 5.28. The fraction of sp³-hybridized carbons (Fsp3) is 0.684. The summed E-state index contributed by atoms with van der Waals surface area (Å²) in [5.74, 6) is -0.144. The monoisotopic (exact) mass is 293 g/mol. The molecule has 0 bridgehead atoms. The van der Waals surface area contributed by atoms with Gasteiger partial charge in [0.2, 0.25) is 0 Å². The van der Waals surface area contributed by atoms with Crippen molar-refractivity contribution in [3.63, 3.8) is 0 Å². The molecule has 0 fully saturated rings. The van der Waals surface area contributed by atoms with E-state index in [1.807, 2.05) is 12.1 Å². The number of hydrogen-bond donors (Lipinski definition) is 1. The molecule has 2 heteroatoms. The van der Waals surface area contributed by atoms with E-state index in [1.54, 1.807) is 6.92 Å². The van der Waals surface area contributed by atoms with E-state index in [4.69, 9.17) is 5.73 Å². The van der Waals surface area contributed by atoms with Crippen molar-refractivity contribution in [3.8, 4) is 0 Å². The summed E-state index contributed by atoms with van der Waals surface area (Å²) in [6.07, 6.45) is 13.0. The van der Waals surface area contributed by atoms with Crippen molar-refractivity contribution in [3.05, 3.63) is 35.1 Å². The molecule has 0 aliphatic heterocycles. The fourth-order valence-electron chi connectivity index (χ4n) is 2.74. The molecule has 0 saturated heterocycles. The largest absolute Gasteiger partial charge is 0.324 e. The minimum absolute atomic E-state index is 0.0499. The molecule has 1 aromatic rings. The van der Waals surface area contributed by atoms with Crippen LogP contribution in [-0.2, 0) is 0 Å². The van der Waals surface area contributed by atoms with E-state index in [0.717, 1.165) is 12.0 Å². The maximum Gasteiger partial charge on any atom is 0.126 e. The van der Waals surface area contributed by atoms with Gasteiger partial charge in [0.1, 0.15) is 5.82 Å². The zero-order chi connectivity index (χ0) is 15.5. The summed E-state index contributed by atoms with van der Waals surface area (Å²) in [5, 5.41) is 0. The molecule has 0 aromatic heterocycles. The van der Waals surface area contributed by atoms with Gasteiger partial charge in [-0.15, -0.1) is 0 Å². The highest BCUT2D eigenvalue weighted by Crippen LogP contribution is 2.20. The van der Waals surface area contributed by atoms with Crippen molar-refractivity contribution in [1.82, 2.24) is 0 Å². The molecule has 1 aromatic carbocycles. The smallest absolute Gasteiger partial charge is 0.126 e. The van der Waals surface area contributed by atoms with Crippen molar-refractivity contribution in [1.29, 1.82) is 0 Å². The molecule has 0 aliphatic rings. The zero-order valence-electron chi connectivity index (χ0n) is 13.8. The highest BCUT2D eigenvalue weighted by molar-refractivity contribution is 5.26. The second kappa shape index (κ2) is 10.8. The Hall–Kier alpha value is -0.890. The second-order valence-electron chi connectivity index (χ2n) is 6.23. The first kappa shape index (κ1) is 18.2. The van der Waals surface area contributed by atoms with Crippen molar-refractivity contribution >= 4 is 0 Å². The zero-order valence-corrected chi connectivity index (χ0v) is 13.8. The van der Waals surface area contributed by atoms with Crippen molar-refractivity contribution in [2.45, 2.75) is 84.1 Å². The lowest BCUT2D eigenvalue weighted by Gasteiger charge is -2.13. The number of aryl methyl sites for hydroxylation is 1. The van der Waals surface area contributed by atoms with Crippen molar-refractivity contribution in [2.24, 2.45) is 5.73 Å². The maximum absolute atomic E-state index is 13.2. The standard InChI is InChI=1S/C19H32FN/c1-3-4-5-6-7-8-9-10-11-12-19(21)17-13-14-18(20)16(2)15-17/h13-15,19H,3-12,21H2,1-2H3. The number of rotatable bonds is 11. The molecule has 1 unspecified atom stereocenters. The van der Waals surface area contributed by atoms with Gasteiger partial charge in [0.05, 0.1) is 0 Å². The Morgan fingerprint density at radius 3 is 2.10 bits per heavy atom. The van der Waals surface area contributed by atoms with Gasteiger partial charge in [0.25, 0.3) is 0 Å². The average Bonchev–Trinajstić information content (AvgIpc) is 2.48. The van der Waals surface area contributed by atoms with Crippen LogP contribution in [0.4, 0.5) is 4.39 Å². The normalized spacial score (nSPS) is 12.6. The van der Waals surface area contributed by atoms with E-state index in [1.165, 1.54) is 63.9 Å². The summed E-state index contributed by atoms with van der Waals surface area (Å²) >= 11 is 0. The van der Waals surface area contributed by atoms with E-state index in [9.17, 15) is 4.39 Å². The van der Waals surface area contributed by atoms with Crippen LogP contribution in [0.2, 0.25) is 0 Å². The van der Waals surface area contributed by atoms with Gasteiger partial charge < -0.3 is 5.73 Å². The molecule has 0 saturated carbocycles. The molecular weight excluding hydrogens is 261 g/mol. The van der Waals surface area contributed by atoms with Gasteiger partial charge in [-0.25, -0.2) is 4.39 Å². The van der Waals surface area contributed by atoms with Crippen LogP contribution < -0.4 is 5.73 Å². The minimum Gasteiger partial charge on any atom is -0.324 e. The molecule has 2 N–H and O–H groups in total. The first-order valence-corrected chi connectivity index (χ1v) is 8.66. The van der Waals surface area contributed by atoms with Gasteiger partial charge in [-0.2, -0.15) is 0 Å². The SMILES string of the molecule is CCCCCCCCCCCC(N)c1ccc(F)c(C)c1. The fourth-order valence-corrected chi connectivity index (χ4v) is 2.74. The van der Waals surface area contributed by atoms with E-state index >= 15 is 0 Å². The predicted molar refractivity (Wildman–Crippen MR) is 89.9 cm³/mol. The van der Waals surface area contributed by atoms with Crippen LogP contribution in [0.1, 0.15) is 88.3 Å². The summed E-state index contributed by atoms with van der Waals surface area (Å²) < 4.78 is 13.2. The minimum atomic E-state index is -0.144. The molecule has 0 heterocycles. The molecule has 1 nitrogen and oxygen atoms in total. The van der Waals surface area contributed by atoms with E-state index in [2.05, 4.69) is 6.92 Å². The number of benzene rings is 1. The van der Waals surface area contributed by atoms with Gasteiger partial charge >= 0.3 is 0 Å². The van der Waals surface area contributed by atoms with Gasteiger partial charge in [-0.05, 0) is 30.5 Å². The van der Waals surface area contributed by atoms with Crippen molar-refractivity contribution in [2.75, 3.05) is 0 Å². The Labute approximate surface area is 130 Å². The molecule has 120 valence electrons. The molecule has 1 atom stereocenters. The van der Waals surface area contributed by atoms with Crippen LogP contribution >= 0.6 is 0 Å². The number of halogens is 1. The second-order valence-corrected chi connectivity index (χ2v) is 6.23. The van der Waals surface area contributed by atoms with Crippen molar-refractivity contribution < 1.29 is 4.39 Å². The highest BCUT2D eigenvalue weighted by atomic mass is 19.1. The average molecular weight is 293 g/mol. The Bertz CT molecular complexity index is 389. The number of nitrogens with two attached hydrogens (primary N) is 1. The van der Waals surface area contributed by atoms with Crippen LogP contribution in [-0.4, -0.2) is 0 Å². The van der Waals surface area contributed by atoms with Crippen LogP contribution in [0.15, 0.2) is 18.2 Å². The molecule has 1 rings (SSSR count). The Kier molecular flexibility index (Phi) is 9.32. The molecule has 0 amide bonds. The first-order valence-electron chi connectivity index (χ1n) is 8.66. The van der Waals surface area contributed by atoms with Gasteiger partial charge in [-0.3, -0.25) is 0 Å². The third-order valence-corrected chi connectivity index (χ3v) is 4.23. The lowest BCUT2D eigenvalue weighted by molar-refractivity contribution is 0.531. The van der Waals surface area contributed by atoms with Gasteiger partial charge in [-0.1, -0.05) is 76.8 Å². The molecular formula is C19H32FN. The molecule has 0 radical (unpaired) electrons. The third-order valence-electron chi connectivity index (χ3n) is 4.23. The van der Waals surface area contributed by atoms with Crippen LogP contribution in [0, 0.1) is 12.7 Å². The third kappa shape index (κ3) is 7.61. The van der Waals surface area contributed by atoms with Gasteiger partial charge in [0.15, 0.2) is 0 Å². The topological polar surface area (TPSA) is 26.0 Å². The summed E-state index contributed by atoms with van der Waals surface area (Å²) in [7, 11) is 0. The highest BCUT2D eigenvalue weighted by Gasteiger charge is 2.07. The number of unbranched alkanes of at least 4 members (excludes halogenated alkanes) is 8. The lowest BCUT2D eigenvalue weighted by Crippen LogP contribution is -2.10. The Morgan fingerprint density at radius 2 is 1.52 bits per heavy atom. The predicted octanol–water partition coefficient (Wildman–Crippen LogP) is 6.05. The Balaban J connectivity index is 2.08. The molecule has 21 heavy (non-hydrogen) atoms. The lowest BCUT2D eigenvalue weighted by atomic mass is 9.98. The van der Waals surface area contributed by atoms with Crippen LogP contribution in [0.5, 0.6) is 0 Å². The van der Waals surface area contributed by atoms with E-state index < -0.39 is 0 Å². The van der Waals surface area contributed by atoms with Crippen LogP contribution in [0.25, 0.3) is 0 Å². The Morgan fingerprint density at radius 1 is 0.952 bits per heavy atom.